The second-order valence-corrected chi connectivity index (χ2v) is 3.06. The molecule has 0 saturated carbocycles. The van der Waals surface area contributed by atoms with Crippen LogP contribution in [-0.2, 0) is 0 Å². The molecule has 0 aliphatic rings. The quantitative estimate of drug-likeness (QED) is 0.522. The van der Waals surface area contributed by atoms with Crippen LogP contribution in [0.15, 0.2) is 11.6 Å². The molecule has 0 aromatic rings. The molecule has 0 aliphatic heterocycles. The monoisotopic (exact) mass is 139 g/mol. The predicted octanol–water partition coefficient (Wildman–Crippen LogP) is 3.59. The Hall–Kier alpha value is -0.260. The number of allylic oxidation sites excluding steroid dienone is 2. The van der Waals surface area contributed by atoms with Crippen LogP contribution in [0.5, 0.6) is 0 Å². The van der Waals surface area contributed by atoms with Gasteiger partial charge in [0.2, 0.25) is 0 Å². The van der Waals surface area contributed by atoms with Gasteiger partial charge < -0.3 is 0 Å². The van der Waals surface area contributed by atoms with Gasteiger partial charge in [-0.1, -0.05) is 31.9 Å². The SMILES string of the molecule is [CH2]CC=C(C)CC(C)CC. The highest BCUT2D eigenvalue weighted by molar-refractivity contribution is 4.98. The van der Waals surface area contributed by atoms with Gasteiger partial charge in [0, 0.05) is 0 Å². The van der Waals surface area contributed by atoms with Gasteiger partial charge in [0.25, 0.3) is 0 Å². The van der Waals surface area contributed by atoms with Crippen LogP contribution in [0.2, 0.25) is 0 Å². The number of rotatable bonds is 4. The topological polar surface area (TPSA) is 0 Å². The van der Waals surface area contributed by atoms with Crippen molar-refractivity contribution in [2.24, 2.45) is 5.92 Å². The maximum Gasteiger partial charge on any atom is -0.0297 e. The Labute approximate surface area is 65.3 Å². The second-order valence-electron chi connectivity index (χ2n) is 3.06. The minimum absolute atomic E-state index is 0.836. The molecular weight excluding hydrogens is 120 g/mol. The van der Waals surface area contributed by atoms with Gasteiger partial charge in [-0.2, -0.15) is 0 Å². The van der Waals surface area contributed by atoms with Gasteiger partial charge in [0.15, 0.2) is 0 Å². The van der Waals surface area contributed by atoms with Crippen LogP contribution in [0, 0.1) is 12.8 Å². The first-order chi connectivity index (χ1) is 4.70. The third-order valence-electron chi connectivity index (χ3n) is 1.86. The summed E-state index contributed by atoms with van der Waals surface area (Å²) in [5.74, 6) is 0.836. The van der Waals surface area contributed by atoms with Crippen molar-refractivity contribution in [3.8, 4) is 0 Å². The molecule has 0 fully saturated rings. The third-order valence-corrected chi connectivity index (χ3v) is 1.86. The lowest BCUT2D eigenvalue weighted by atomic mass is 9.99. The van der Waals surface area contributed by atoms with E-state index in [-0.39, 0.29) is 0 Å². The molecule has 1 radical (unpaired) electrons. The summed E-state index contributed by atoms with van der Waals surface area (Å²) in [6, 6.07) is 0. The number of hydrogen-bond acceptors (Lipinski definition) is 0. The van der Waals surface area contributed by atoms with Crippen molar-refractivity contribution in [1.29, 1.82) is 0 Å². The third kappa shape index (κ3) is 4.60. The molecule has 0 spiro atoms. The minimum atomic E-state index is 0.836. The fraction of sp³-hybridized carbons (Fsp3) is 0.700. The van der Waals surface area contributed by atoms with Crippen molar-refractivity contribution in [2.45, 2.75) is 40.0 Å². The lowest BCUT2D eigenvalue weighted by Crippen LogP contribution is -1.92. The van der Waals surface area contributed by atoms with E-state index in [1.807, 2.05) is 0 Å². The van der Waals surface area contributed by atoms with E-state index in [0.29, 0.717) is 0 Å². The molecule has 0 aliphatic carbocycles. The number of hydrogen-bond donors (Lipinski definition) is 0. The van der Waals surface area contributed by atoms with E-state index in [2.05, 4.69) is 33.8 Å². The van der Waals surface area contributed by atoms with Crippen molar-refractivity contribution >= 4 is 0 Å². The van der Waals surface area contributed by atoms with E-state index >= 15 is 0 Å². The van der Waals surface area contributed by atoms with Gasteiger partial charge >= 0.3 is 0 Å². The molecule has 0 amide bonds. The molecule has 0 saturated heterocycles. The van der Waals surface area contributed by atoms with Crippen LogP contribution in [0.25, 0.3) is 0 Å². The van der Waals surface area contributed by atoms with E-state index in [0.717, 1.165) is 12.3 Å². The summed E-state index contributed by atoms with van der Waals surface area (Å²) in [6.07, 6.45) is 5.67. The van der Waals surface area contributed by atoms with Crippen LogP contribution in [0.4, 0.5) is 0 Å². The minimum Gasteiger partial charge on any atom is -0.0856 e. The van der Waals surface area contributed by atoms with E-state index < -0.39 is 0 Å². The van der Waals surface area contributed by atoms with Crippen molar-refractivity contribution in [1.82, 2.24) is 0 Å². The van der Waals surface area contributed by atoms with Crippen LogP contribution in [-0.4, -0.2) is 0 Å². The fourth-order valence-electron chi connectivity index (χ4n) is 1.02. The van der Waals surface area contributed by atoms with Gasteiger partial charge in [-0.25, -0.2) is 0 Å². The Bertz CT molecular complexity index is 101. The van der Waals surface area contributed by atoms with Crippen LogP contribution in [0.3, 0.4) is 0 Å². The second kappa shape index (κ2) is 5.52. The maximum absolute atomic E-state index is 3.78. The molecule has 0 bridgehead atoms. The summed E-state index contributed by atoms with van der Waals surface area (Å²) in [7, 11) is 0. The average molecular weight is 139 g/mol. The molecule has 0 rings (SSSR count). The molecule has 59 valence electrons. The van der Waals surface area contributed by atoms with Crippen molar-refractivity contribution in [2.75, 3.05) is 0 Å². The van der Waals surface area contributed by atoms with Gasteiger partial charge in [-0.15, -0.1) is 0 Å². The van der Waals surface area contributed by atoms with E-state index in [1.165, 1.54) is 18.4 Å². The Balaban J connectivity index is 3.56. The molecule has 1 atom stereocenters. The van der Waals surface area contributed by atoms with Gasteiger partial charge in [-0.05, 0) is 32.6 Å². The average Bonchev–Trinajstić information content (AvgIpc) is 1.88. The summed E-state index contributed by atoms with van der Waals surface area (Å²) < 4.78 is 0. The summed E-state index contributed by atoms with van der Waals surface area (Å²) in [4.78, 5) is 0. The summed E-state index contributed by atoms with van der Waals surface area (Å²) in [5.41, 5.74) is 1.49. The maximum atomic E-state index is 3.78. The molecule has 0 heterocycles. The molecule has 0 aromatic heterocycles. The van der Waals surface area contributed by atoms with Crippen molar-refractivity contribution in [3.63, 3.8) is 0 Å². The van der Waals surface area contributed by atoms with Crippen LogP contribution < -0.4 is 0 Å². The van der Waals surface area contributed by atoms with Gasteiger partial charge in [0.05, 0.1) is 0 Å². The first-order valence-electron chi connectivity index (χ1n) is 4.15. The largest absolute Gasteiger partial charge is 0.0856 e. The smallest absolute Gasteiger partial charge is 0.0297 e. The molecule has 0 aromatic carbocycles. The Morgan fingerprint density at radius 1 is 1.60 bits per heavy atom. The highest BCUT2D eigenvalue weighted by atomic mass is 14.0. The zero-order valence-electron chi connectivity index (χ0n) is 7.48. The summed E-state index contributed by atoms with van der Waals surface area (Å²) >= 11 is 0. The van der Waals surface area contributed by atoms with E-state index in [1.54, 1.807) is 0 Å². The molecule has 1 unspecified atom stereocenters. The standard InChI is InChI=1S/C10H19/c1-5-7-10(4)8-9(3)6-2/h7,9H,1,5-6,8H2,2-4H3. The van der Waals surface area contributed by atoms with Gasteiger partial charge in [0.1, 0.15) is 0 Å². The van der Waals surface area contributed by atoms with E-state index in [4.69, 9.17) is 0 Å². The highest BCUT2D eigenvalue weighted by Crippen LogP contribution is 2.13. The summed E-state index contributed by atoms with van der Waals surface area (Å²) in [6.45, 7) is 10.5. The van der Waals surface area contributed by atoms with Crippen LogP contribution in [0.1, 0.15) is 40.0 Å². The van der Waals surface area contributed by atoms with Crippen LogP contribution >= 0.6 is 0 Å². The van der Waals surface area contributed by atoms with Gasteiger partial charge in [-0.3, -0.25) is 0 Å². The Kier molecular flexibility index (Phi) is 5.38. The predicted molar refractivity (Wildman–Crippen MR) is 47.8 cm³/mol. The molecule has 0 nitrogen and oxygen atoms in total. The zero-order chi connectivity index (χ0) is 7.98. The first-order valence-corrected chi connectivity index (χ1v) is 4.15. The molecular formula is C10H19. The van der Waals surface area contributed by atoms with E-state index in [9.17, 15) is 0 Å². The molecule has 0 N–H and O–H groups in total. The zero-order valence-corrected chi connectivity index (χ0v) is 7.48. The van der Waals surface area contributed by atoms with Crippen molar-refractivity contribution in [3.05, 3.63) is 18.6 Å². The summed E-state index contributed by atoms with van der Waals surface area (Å²) in [5, 5.41) is 0. The highest BCUT2D eigenvalue weighted by Gasteiger charge is 1.97. The molecule has 0 heteroatoms. The normalized spacial score (nSPS) is 15.4. The lowest BCUT2D eigenvalue weighted by molar-refractivity contribution is 0.556. The lowest BCUT2D eigenvalue weighted by Gasteiger charge is -2.07. The Morgan fingerprint density at radius 2 is 2.20 bits per heavy atom. The first kappa shape index (κ1) is 9.74. The molecule has 10 heavy (non-hydrogen) atoms. The fourth-order valence-corrected chi connectivity index (χ4v) is 1.02. The van der Waals surface area contributed by atoms with Crippen molar-refractivity contribution < 1.29 is 0 Å². The Morgan fingerprint density at radius 3 is 2.60 bits per heavy atom.